The Morgan fingerprint density at radius 2 is 2.29 bits per heavy atom. The standard InChI is InChI=1S/C11H16N4O2/c1-3-14(9-6-12-7-9)11-5-4-10(15(16)17)8(2)13-11/h4-5,9,12H,3,6-7H2,1-2H3. The molecule has 0 aromatic carbocycles. The second-order valence-electron chi connectivity index (χ2n) is 4.13. The monoisotopic (exact) mass is 236 g/mol. The van der Waals surface area contributed by atoms with Crippen LogP contribution in [0.4, 0.5) is 11.5 Å². The highest BCUT2D eigenvalue weighted by atomic mass is 16.6. The molecule has 1 aromatic rings. The fourth-order valence-electron chi connectivity index (χ4n) is 1.99. The Bertz CT molecular complexity index is 431. The lowest BCUT2D eigenvalue weighted by atomic mass is 10.1. The molecular formula is C11H16N4O2. The van der Waals surface area contributed by atoms with Crippen molar-refractivity contribution in [3.8, 4) is 0 Å². The van der Waals surface area contributed by atoms with Crippen molar-refractivity contribution in [1.29, 1.82) is 0 Å². The first-order valence-corrected chi connectivity index (χ1v) is 5.73. The van der Waals surface area contributed by atoms with E-state index in [2.05, 4.69) is 22.1 Å². The van der Waals surface area contributed by atoms with Gasteiger partial charge in [0.15, 0.2) is 0 Å². The normalized spacial score (nSPS) is 15.4. The number of nitrogens with one attached hydrogen (secondary N) is 1. The Kier molecular flexibility index (Phi) is 3.23. The Labute approximate surface area is 99.8 Å². The van der Waals surface area contributed by atoms with Gasteiger partial charge in [-0.25, -0.2) is 4.98 Å². The van der Waals surface area contributed by atoms with Crippen molar-refractivity contribution in [1.82, 2.24) is 10.3 Å². The summed E-state index contributed by atoms with van der Waals surface area (Å²) in [4.78, 5) is 16.8. The van der Waals surface area contributed by atoms with Crippen molar-refractivity contribution < 1.29 is 4.92 Å². The molecule has 1 aliphatic rings. The average Bonchev–Trinajstić information content (AvgIpc) is 2.22. The summed E-state index contributed by atoms with van der Waals surface area (Å²) in [7, 11) is 0. The number of aromatic nitrogens is 1. The van der Waals surface area contributed by atoms with Crippen molar-refractivity contribution in [2.24, 2.45) is 0 Å². The number of rotatable bonds is 4. The summed E-state index contributed by atoms with van der Waals surface area (Å²) in [5.41, 5.74) is 0.551. The minimum absolute atomic E-state index is 0.0801. The lowest BCUT2D eigenvalue weighted by Gasteiger charge is -2.38. The van der Waals surface area contributed by atoms with E-state index in [0.717, 1.165) is 25.5 Å². The Hall–Kier alpha value is -1.69. The molecule has 1 saturated heterocycles. The molecule has 0 aliphatic carbocycles. The van der Waals surface area contributed by atoms with E-state index >= 15 is 0 Å². The number of pyridine rings is 1. The maximum Gasteiger partial charge on any atom is 0.290 e. The zero-order valence-corrected chi connectivity index (χ0v) is 10.0. The van der Waals surface area contributed by atoms with E-state index in [4.69, 9.17) is 0 Å². The molecule has 1 aliphatic heterocycles. The van der Waals surface area contributed by atoms with Crippen LogP contribution in [0.3, 0.4) is 0 Å². The fraction of sp³-hybridized carbons (Fsp3) is 0.545. The van der Waals surface area contributed by atoms with Gasteiger partial charge in [0, 0.05) is 25.7 Å². The highest BCUT2D eigenvalue weighted by molar-refractivity contribution is 5.48. The third-order valence-electron chi connectivity index (χ3n) is 3.08. The van der Waals surface area contributed by atoms with Gasteiger partial charge in [-0.1, -0.05) is 0 Å². The van der Waals surface area contributed by atoms with Gasteiger partial charge in [0.25, 0.3) is 5.69 Å². The van der Waals surface area contributed by atoms with Crippen LogP contribution in [0.25, 0.3) is 0 Å². The zero-order valence-electron chi connectivity index (χ0n) is 10.0. The van der Waals surface area contributed by atoms with Crippen LogP contribution in [-0.4, -0.2) is 35.6 Å². The van der Waals surface area contributed by atoms with E-state index in [1.165, 1.54) is 6.07 Å². The van der Waals surface area contributed by atoms with Crippen LogP contribution in [0.2, 0.25) is 0 Å². The maximum atomic E-state index is 10.7. The van der Waals surface area contributed by atoms with Crippen LogP contribution in [0.1, 0.15) is 12.6 Å². The zero-order chi connectivity index (χ0) is 12.4. The Morgan fingerprint density at radius 3 is 2.71 bits per heavy atom. The molecule has 1 aromatic heterocycles. The summed E-state index contributed by atoms with van der Waals surface area (Å²) in [6.07, 6.45) is 0. The van der Waals surface area contributed by atoms with E-state index < -0.39 is 4.92 Å². The fourth-order valence-corrected chi connectivity index (χ4v) is 1.99. The van der Waals surface area contributed by atoms with E-state index in [9.17, 15) is 10.1 Å². The molecule has 0 amide bonds. The highest BCUT2D eigenvalue weighted by Crippen LogP contribution is 2.22. The van der Waals surface area contributed by atoms with Crippen molar-refractivity contribution in [2.75, 3.05) is 24.5 Å². The van der Waals surface area contributed by atoms with E-state index in [-0.39, 0.29) is 5.69 Å². The maximum absolute atomic E-state index is 10.7. The molecule has 0 radical (unpaired) electrons. The number of nitrogens with zero attached hydrogens (tertiary/aromatic N) is 3. The summed E-state index contributed by atoms with van der Waals surface area (Å²) in [5, 5.41) is 13.9. The Balaban J connectivity index is 2.26. The quantitative estimate of drug-likeness (QED) is 0.626. The third-order valence-corrected chi connectivity index (χ3v) is 3.08. The van der Waals surface area contributed by atoms with Crippen molar-refractivity contribution in [3.63, 3.8) is 0 Å². The first-order valence-electron chi connectivity index (χ1n) is 5.73. The van der Waals surface area contributed by atoms with Gasteiger partial charge in [-0.3, -0.25) is 10.1 Å². The second kappa shape index (κ2) is 4.67. The van der Waals surface area contributed by atoms with E-state index in [1.807, 2.05) is 0 Å². The SMILES string of the molecule is CCN(c1ccc([N+](=O)[O-])c(C)n1)C1CNC1. The molecule has 0 atom stereocenters. The summed E-state index contributed by atoms with van der Waals surface area (Å²) in [5.74, 6) is 0.821. The molecule has 0 bridgehead atoms. The van der Waals surface area contributed by atoms with Gasteiger partial charge >= 0.3 is 0 Å². The number of likely N-dealkylation sites (N-methyl/N-ethyl adjacent to an activating group) is 1. The highest BCUT2D eigenvalue weighted by Gasteiger charge is 2.25. The molecule has 2 rings (SSSR count). The van der Waals surface area contributed by atoms with Gasteiger partial charge in [0.2, 0.25) is 0 Å². The smallest absolute Gasteiger partial charge is 0.290 e. The van der Waals surface area contributed by atoms with E-state index in [0.29, 0.717) is 11.7 Å². The van der Waals surface area contributed by atoms with Gasteiger partial charge in [-0.15, -0.1) is 0 Å². The van der Waals surface area contributed by atoms with Crippen LogP contribution in [0, 0.1) is 17.0 Å². The summed E-state index contributed by atoms with van der Waals surface area (Å²) < 4.78 is 0. The van der Waals surface area contributed by atoms with Gasteiger partial charge in [0.05, 0.1) is 11.0 Å². The Morgan fingerprint density at radius 1 is 1.59 bits per heavy atom. The van der Waals surface area contributed by atoms with Gasteiger partial charge in [-0.2, -0.15) is 0 Å². The lowest BCUT2D eigenvalue weighted by molar-refractivity contribution is -0.385. The van der Waals surface area contributed by atoms with Crippen LogP contribution in [-0.2, 0) is 0 Å². The van der Waals surface area contributed by atoms with Gasteiger partial charge < -0.3 is 10.2 Å². The number of anilines is 1. The number of aryl methyl sites for hydroxylation is 1. The third kappa shape index (κ3) is 2.21. The molecule has 92 valence electrons. The number of hydrogen-bond acceptors (Lipinski definition) is 5. The van der Waals surface area contributed by atoms with Crippen LogP contribution >= 0.6 is 0 Å². The van der Waals surface area contributed by atoms with E-state index in [1.54, 1.807) is 13.0 Å². The molecular weight excluding hydrogens is 220 g/mol. The molecule has 0 saturated carbocycles. The molecule has 6 heteroatoms. The summed E-state index contributed by atoms with van der Waals surface area (Å²) in [6.45, 7) is 6.50. The predicted octanol–water partition coefficient (Wildman–Crippen LogP) is 1.10. The number of nitro groups is 1. The van der Waals surface area contributed by atoms with Crippen molar-refractivity contribution in [2.45, 2.75) is 19.9 Å². The molecule has 2 heterocycles. The van der Waals surface area contributed by atoms with Gasteiger partial charge in [-0.05, 0) is 19.9 Å². The molecule has 0 spiro atoms. The molecule has 0 unspecified atom stereocenters. The second-order valence-corrected chi connectivity index (χ2v) is 4.13. The molecule has 1 fully saturated rings. The van der Waals surface area contributed by atoms with Crippen LogP contribution in [0.5, 0.6) is 0 Å². The summed E-state index contributed by atoms with van der Waals surface area (Å²) in [6, 6.07) is 3.72. The molecule has 6 nitrogen and oxygen atoms in total. The van der Waals surface area contributed by atoms with Crippen LogP contribution < -0.4 is 10.2 Å². The molecule has 17 heavy (non-hydrogen) atoms. The molecule has 1 N–H and O–H groups in total. The minimum atomic E-state index is -0.396. The van der Waals surface area contributed by atoms with Crippen molar-refractivity contribution in [3.05, 3.63) is 27.9 Å². The van der Waals surface area contributed by atoms with Crippen molar-refractivity contribution >= 4 is 11.5 Å². The minimum Gasteiger partial charge on any atom is -0.351 e. The number of hydrogen-bond donors (Lipinski definition) is 1. The van der Waals surface area contributed by atoms with Crippen LogP contribution in [0.15, 0.2) is 12.1 Å². The first-order chi connectivity index (χ1) is 8.13. The summed E-state index contributed by atoms with van der Waals surface area (Å²) >= 11 is 0. The van der Waals surface area contributed by atoms with Gasteiger partial charge in [0.1, 0.15) is 11.5 Å². The topological polar surface area (TPSA) is 71.3 Å². The average molecular weight is 236 g/mol. The predicted molar refractivity (Wildman–Crippen MR) is 65.3 cm³/mol. The largest absolute Gasteiger partial charge is 0.351 e. The lowest BCUT2D eigenvalue weighted by Crippen LogP contribution is -2.57. The first kappa shape index (κ1) is 11.8.